The fourth-order valence-electron chi connectivity index (χ4n) is 4.32. The van der Waals surface area contributed by atoms with Gasteiger partial charge in [-0.25, -0.2) is 0 Å². The van der Waals surface area contributed by atoms with Gasteiger partial charge in [-0.15, -0.1) is 0 Å². The highest BCUT2D eigenvalue weighted by atomic mass is 79.9. The fourth-order valence-corrected chi connectivity index (χ4v) is 4.85. The zero-order chi connectivity index (χ0) is 19.9. The van der Waals surface area contributed by atoms with Crippen molar-refractivity contribution in [2.45, 2.75) is 39.7 Å². The van der Waals surface area contributed by atoms with Gasteiger partial charge in [0.2, 0.25) is 0 Å². The van der Waals surface area contributed by atoms with Gasteiger partial charge in [0.15, 0.2) is 0 Å². The zero-order valence-electron chi connectivity index (χ0n) is 16.5. The van der Waals surface area contributed by atoms with Crippen LogP contribution in [0.3, 0.4) is 0 Å². The number of hydrogen-bond acceptors (Lipinski definition) is 2. The number of halogens is 2. The van der Waals surface area contributed by atoms with Crippen molar-refractivity contribution in [2.24, 2.45) is 22.4 Å². The number of rotatable bonds is 2. The van der Waals surface area contributed by atoms with Crippen LogP contribution in [-0.4, -0.2) is 5.71 Å². The van der Waals surface area contributed by atoms with E-state index in [9.17, 15) is 0 Å². The molecular formula is C24H26Br2N2. The monoisotopic (exact) mass is 500 g/mol. The highest BCUT2D eigenvalue weighted by Gasteiger charge is 2.43. The Hall–Kier alpha value is -1.39. The summed E-state index contributed by atoms with van der Waals surface area (Å²) in [5.41, 5.74) is 8.90. The first-order valence-corrected chi connectivity index (χ1v) is 11.4. The third-order valence-electron chi connectivity index (χ3n) is 6.08. The number of benzene rings is 2. The van der Waals surface area contributed by atoms with Crippen molar-refractivity contribution >= 4 is 43.6 Å². The van der Waals surface area contributed by atoms with Crippen molar-refractivity contribution in [1.29, 1.82) is 0 Å². The Morgan fingerprint density at radius 3 is 2.18 bits per heavy atom. The van der Waals surface area contributed by atoms with Crippen LogP contribution < -0.4 is 5.43 Å². The molecule has 1 aliphatic heterocycles. The van der Waals surface area contributed by atoms with Gasteiger partial charge in [-0.2, -0.15) is 5.10 Å². The van der Waals surface area contributed by atoms with E-state index in [0.29, 0.717) is 11.8 Å². The number of allylic oxidation sites excluding steroid dienone is 1. The molecule has 1 aliphatic carbocycles. The van der Waals surface area contributed by atoms with Gasteiger partial charge >= 0.3 is 0 Å². The molecule has 1 saturated carbocycles. The molecule has 1 heterocycles. The Morgan fingerprint density at radius 1 is 0.964 bits per heavy atom. The topological polar surface area (TPSA) is 24.4 Å². The molecular weight excluding hydrogens is 476 g/mol. The van der Waals surface area contributed by atoms with Crippen LogP contribution in [0.2, 0.25) is 0 Å². The third kappa shape index (κ3) is 4.13. The maximum atomic E-state index is 4.83. The van der Waals surface area contributed by atoms with Gasteiger partial charge in [-0.3, -0.25) is 0 Å². The smallest absolute Gasteiger partial charge is 0.0774 e. The molecule has 146 valence electrons. The van der Waals surface area contributed by atoms with E-state index in [2.05, 4.69) is 113 Å². The number of nitrogens with zero attached hydrogens (tertiary/aromatic N) is 1. The molecule has 2 aromatic rings. The number of hydrazone groups is 1. The van der Waals surface area contributed by atoms with Crippen molar-refractivity contribution in [2.75, 3.05) is 0 Å². The molecule has 28 heavy (non-hydrogen) atoms. The molecule has 1 fully saturated rings. The summed E-state index contributed by atoms with van der Waals surface area (Å²) in [6.45, 7) is 7.11. The van der Waals surface area contributed by atoms with E-state index in [-0.39, 0.29) is 11.5 Å². The van der Waals surface area contributed by atoms with Crippen LogP contribution in [-0.2, 0) is 0 Å². The first-order valence-electron chi connectivity index (χ1n) is 9.86. The SMILES string of the molecule is CC(C)(C)[C@@H]1C/C(=C/c2ccc(Br)cc2)C2=NN[C@@H](c3ccc(Br)cc3)[C@H]2C1. The molecule has 0 radical (unpaired) electrons. The van der Waals surface area contributed by atoms with E-state index in [1.807, 2.05) is 0 Å². The Morgan fingerprint density at radius 2 is 1.57 bits per heavy atom. The maximum Gasteiger partial charge on any atom is 0.0774 e. The fraction of sp³-hybridized carbons (Fsp3) is 0.375. The minimum absolute atomic E-state index is 0.251. The molecule has 0 amide bonds. The molecule has 0 bridgehead atoms. The van der Waals surface area contributed by atoms with Gasteiger partial charge in [0, 0.05) is 14.9 Å². The molecule has 2 nitrogen and oxygen atoms in total. The van der Waals surface area contributed by atoms with Crippen LogP contribution >= 0.6 is 31.9 Å². The van der Waals surface area contributed by atoms with Gasteiger partial charge < -0.3 is 5.43 Å². The summed E-state index contributed by atoms with van der Waals surface area (Å²) in [7, 11) is 0. The predicted molar refractivity (Wildman–Crippen MR) is 125 cm³/mol. The van der Waals surface area contributed by atoms with Crippen molar-refractivity contribution in [3.05, 3.63) is 74.2 Å². The highest BCUT2D eigenvalue weighted by Crippen LogP contribution is 2.47. The summed E-state index contributed by atoms with van der Waals surface area (Å²) in [6.07, 6.45) is 4.60. The van der Waals surface area contributed by atoms with Gasteiger partial charge in [0.25, 0.3) is 0 Å². The summed E-state index contributed by atoms with van der Waals surface area (Å²) < 4.78 is 2.22. The Labute approximate surface area is 184 Å². The summed E-state index contributed by atoms with van der Waals surface area (Å²) in [5, 5.41) is 4.83. The van der Waals surface area contributed by atoms with E-state index >= 15 is 0 Å². The maximum absolute atomic E-state index is 4.83. The third-order valence-corrected chi connectivity index (χ3v) is 7.13. The Bertz CT molecular complexity index is 905. The summed E-state index contributed by atoms with van der Waals surface area (Å²) >= 11 is 7.08. The van der Waals surface area contributed by atoms with Gasteiger partial charge in [0.1, 0.15) is 0 Å². The number of nitrogens with one attached hydrogen (secondary N) is 1. The van der Waals surface area contributed by atoms with E-state index in [4.69, 9.17) is 5.10 Å². The van der Waals surface area contributed by atoms with E-state index in [0.717, 1.165) is 15.4 Å². The molecule has 4 rings (SSSR count). The molecule has 3 atom stereocenters. The summed E-state index contributed by atoms with van der Waals surface area (Å²) in [4.78, 5) is 0. The first-order chi connectivity index (χ1) is 13.3. The average molecular weight is 502 g/mol. The summed E-state index contributed by atoms with van der Waals surface area (Å²) in [5.74, 6) is 1.05. The Balaban J connectivity index is 1.69. The summed E-state index contributed by atoms with van der Waals surface area (Å²) in [6, 6.07) is 17.5. The lowest BCUT2D eigenvalue weighted by atomic mass is 9.65. The lowest BCUT2D eigenvalue weighted by Crippen LogP contribution is -2.35. The lowest BCUT2D eigenvalue weighted by molar-refractivity contribution is 0.194. The predicted octanol–water partition coefficient (Wildman–Crippen LogP) is 7.37. The number of hydrogen-bond donors (Lipinski definition) is 1. The Kier molecular flexibility index (Phi) is 5.54. The zero-order valence-corrected chi connectivity index (χ0v) is 19.7. The molecule has 2 aromatic carbocycles. The second-order valence-electron chi connectivity index (χ2n) is 8.99. The van der Waals surface area contributed by atoms with Crippen LogP contribution in [0.4, 0.5) is 0 Å². The van der Waals surface area contributed by atoms with Crippen LogP contribution in [0.5, 0.6) is 0 Å². The average Bonchev–Trinajstić information content (AvgIpc) is 3.08. The molecule has 1 N–H and O–H groups in total. The standard InChI is InChI=1S/C24H26Br2N2/c1-24(2,3)18-13-17(12-15-4-8-19(25)9-5-15)23-21(14-18)22(27-28-23)16-6-10-20(26)11-7-16/h4-12,18,21-22,27H,13-14H2,1-3H3/b17-12-/t18-,21-,22+/m1/s1. The molecule has 0 unspecified atom stereocenters. The van der Waals surface area contributed by atoms with E-state index in [1.165, 1.54) is 28.8 Å². The second-order valence-corrected chi connectivity index (χ2v) is 10.8. The van der Waals surface area contributed by atoms with Crippen molar-refractivity contribution in [3.8, 4) is 0 Å². The van der Waals surface area contributed by atoms with Crippen molar-refractivity contribution < 1.29 is 0 Å². The molecule has 4 heteroatoms. The van der Waals surface area contributed by atoms with Gasteiger partial charge in [0.05, 0.1) is 11.8 Å². The lowest BCUT2D eigenvalue weighted by Gasteiger charge is -2.39. The van der Waals surface area contributed by atoms with Crippen molar-refractivity contribution in [3.63, 3.8) is 0 Å². The molecule has 0 aromatic heterocycles. The second kappa shape index (κ2) is 7.79. The van der Waals surface area contributed by atoms with Crippen LogP contribution in [0, 0.1) is 17.3 Å². The van der Waals surface area contributed by atoms with Gasteiger partial charge in [-0.1, -0.05) is 76.9 Å². The minimum atomic E-state index is 0.251. The van der Waals surface area contributed by atoms with E-state index < -0.39 is 0 Å². The largest absolute Gasteiger partial charge is 0.302 e. The van der Waals surface area contributed by atoms with Crippen molar-refractivity contribution in [1.82, 2.24) is 5.43 Å². The normalized spacial score (nSPS) is 26.0. The number of fused-ring (bicyclic) bond motifs is 1. The molecule has 2 aliphatic rings. The quantitative estimate of drug-likeness (QED) is 0.456. The van der Waals surface area contributed by atoms with Crippen LogP contribution in [0.15, 0.2) is 68.2 Å². The molecule has 0 spiro atoms. The first kappa shape index (κ1) is 19.9. The van der Waals surface area contributed by atoms with Crippen LogP contribution in [0.1, 0.15) is 50.8 Å². The highest BCUT2D eigenvalue weighted by molar-refractivity contribution is 9.10. The minimum Gasteiger partial charge on any atom is -0.302 e. The molecule has 0 saturated heterocycles. The van der Waals surface area contributed by atoms with Gasteiger partial charge in [-0.05, 0) is 71.2 Å². The van der Waals surface area contributed by atoms with E-state index in [1.54, 1.807) is 0 Å². The van der Waals surface area contributed by atoms with Crippen LogP contribution in [0.25, 0.3) is 6.08 Å².